The number of ether oxygens (including phenoxy) is 1. The molecule has 1 amide bonds. The monoisotopic (exact) mass is 415 g/mol. The number of carbonyl (C=O) groups excluding carboxylic acids is 1. The van der Waals surface area contributed by atoms with Crippen LogP contribution in [0.2, 0.25) is 0 Å². The molecule has 1 atom stereocenters. The fourth-order valence-electron chi connectivity index (χ4n) is 4.72. The summed E-state index contributed by atoms with van der Waals surface area (Å²) >= 11 is 1.86. The van der Waals surface area contributed by atoms with Crippen LogP contribution in [0.4, 0.5) is 5.82 Å². The topological polar surface area (TPSA) is 70.6 Å². The third-order valence-electron chi connectivity index (χ3n) is 6.27. The first-order chi connectivity index (χ1) is 14.2. The molecule has 3 aliphatic rings. The molecule has 8 heteroatoms. The molecule has 0 spiro atoms. The summed E-state index contributed by atoms with van der Waals surface area (Å²) in [6.45, 7) is 7.76. The van der Waals surface area contributed by atoms with E-state index < -0.39 is 0 Å². The maximum absolute atomic E-state index is 12.1. The van der Waals surface area contributed by atoms with Gasteiger partial charge in [0.2, 0.25) is 5.91 Å². The van der Waals surface area contributed by atoms with Gasteiger partial charge in [-0.25, -0.2) is 9.97 Å². The lowest BCUT2D eigenvalue weighted by Crippen LogP contribution is -2.37. The second kappa shape index (κ2) is 8.16. The van der Waals surface area contributed by atoms with Crippen LogP contribution in [-0.2, 0) is 28.9 Å². The van der Waals surface area contributed by atoms with Crippen LogP contribution in [0, 0.1) is 0 Å². The van der Waals surface area contributed by atoms with Crippen molar-refractivity contribution in [1.82, 2.24) is 20.2 Å². The van der Waals surface area contributed by atoms with Crippen molar-refractivity contribution in [3.8, 4) is 0 Å². The van der Waals surface area contributed by atoms with Gasteiger partial charge in [-0.05, 0) is 38.2 Å². The van der Waals surface area contributed by atoms with E-state index in [-0.39, 0.29) is 11.9 Å². The minimum absolute atomic E-state index is 0.131. The van der Waals surface area contributed by atoms with Gasteiger partial charge in [0.1, 0.15) is 16.5 Å². The lowest BCUT2D eigenvalue weighted by Gasteiger charge is -2.30. The SMILES string of the molecule is C[C@@H]1CC(=O)NCCN1c1nc(CN2CCOCC2)nc2sc3c(c12)CCCC3. The molecule has 2 fully saturated rings. The Bertz CT molecular complexity index is 908. The summed E-state index contributed by atoms with van der Waals surface area (Å²) in [4.78, 5) is 29.5. The standard InChI is InChI=1S/C21H29N5O2S/c1-14-12-18(27)22-6-7-26(14)20-19-15-4-2-3-5-16(15)29-21(19)24-17(23-20)13-25-8-10-28-11-9-25/h14H,2-13H2,1H3,(H,22,27)/t14-/m1/s1. The van der Waals surface area contributed by atoms with Gasteiger partial charge < -0.3 is 15.0 Å². The van der Waals surface area contributed by atoms with Crippen LogP contribution in [0.25, 0.3) is 10.2 Å². The number of aryl methyl sites for hydroxylation is 2. The van der Waals surface area contributed by atoms with E-state index in [1.54, 1.807) is 0 Å². The quantitative estimate of drug-likeness (QED) is 0.828. The van der Waals surface area contributed by atoms with E-state index in [1.165, 1.54) is 28.7 Å². The summed E-state index contributed by atoms with van der Waals surface area (Å²) in [6.07, 6.45) is 5.29. The molecule has 5 rings (SSSR count). The number of nitrogens with one attached hydrogen (secondary N) is 1. The number of rotatable bonds is 3. The van der Waals surface area contributed by atoms with Crippen molar-refractivity contribution in [2.75, 3.05) is 44.3 Å². The summed E-state index contributed by atoms with van der Waals surface area (Å²) in [5.74, 6) is 2.07. The fraction of sp³-hybridized carbons (Fsp3) is 0.667. The van der Waals surface area contributed by atoms with Crippen molar-refractivity contribution in [3.05, 3.63) is 16.3 Å². The molecule has 7 nitrogen and oxygen atoms in total. The van der Waals surface area contributed by atoms with Gasteiger partial charge in [-0.1, -0.05) is 0 Å². The number of nitrogens with zero attached hydrogens (tertiary/aromatic N) is 4. The number of hydrogen-bond acceptors (Lipinski definition) is 7. The smallest absolute Gasteiger partial charge is 0.222 e. The number of anilines is 1. The normalized spacial score (nSPS) is 23.7. The van der Waals surface area contributed by atoms with Crippen molar-refractivity contribution >= 4 is 33.3 Å². The molecule has 1 aliphatic carbocycles. The predicted molar refractivity (Wildman–Crippen MR) is 115 cm³/mol. The molecule has 0 saturated carbocycles. The Morgan fingerprint density at radius 2 is 2.00 bits per heavy atom. The van der Waals surface area contributed by atoms with Gasteiger partial charge in [0, 0.05) is 43.5 Å². The molecule has 2 saturated heterocycles. The maximum atomic E-state index is 12.1. The largest absolute Gasteiger partial charge is 0.379 e. The van der Waals surface area contributed by atoms with Crippen LogP contribution in [0.5, 0.6) is 0 Å². The Morgan fingerprint density at radius 3 is 2.86 bits per heavy atom. The summed E-state index contributed by atoms with van der Waals surface area (Å²) in [6, 6.07) is 0.131. The molecule has 29 heavy (non-hydrogen) atoms. The van der Waals surface area contributed by atoms with Crippen LogP contribution >= 0.6 is 11.3 Å². The Kier molecular flexibility index (Phi) is 5.41. The molecule has 2 aliphatic heterocycles. The van der Waals surface area contributed by atoms with E-state index in [2.05, 4.69) is 22.0 Å². The molecule has 2 aromatic rings. The average Bonchev–Trinajstić information content (AvgIpc) is 3.00. The van der Waals surface area contributed by atoms with Crippen molar-refractivity contribution in [2.24, 2.45) is 0 Å². The van der Waals surface area contributed by atoms with Crippen LogP contribution < -0.4 is 10.2 Å². The zero-order chi connectivity index (χ0) is 19.8. The summed E-state index contributed by atoms with van der Waals surface area (Å²) < 4.78 is 5.49. The van der Waals surface area contributed by atoms with Gasteiger partial charge in [0.05, 0.1) is 25.1 Å². The highest BCUT2D eigenvalue weighted by Crippen LogP contribution is 2.40. The highest BCUT2D eigenvalue weighted by molar-refractivity contribution is 7.19. The minimum Gasteiger partial charge on any atom is -0.379 e. The predicted octanol–water partition coefficient (Wildman–Crippen LogP) is 2.12. The van der Waals surface area contributed by atoms with Gasteiger partial charge in [0.15, 0.2) is 0 Å². The van der Waals surface area contributed by atoms with Crippen molar-refractivity contribution in [1.29, 1.82) is 0 Å². The number of thiophene rings is 1. The fourth-order valence-corrected chi connectivity index (χ4v) is 6.00. The number of fused-ring (bicyclic) bond motifs is 3. The lowest BCUT2D eigenvalue weighted by molar-refractivity contribution is -0.120. The van der Waals surface area contributed by atoms with Gasteiger partial charge in [0.25, 0.3) is 0 Å². The molecular weight excluding hydrogens is 386 g/mol. The molecule has 0 radical (unpaired) electrons. The molecule has 4 heterocycles. The van der Waals surface area contributed by atoms with E-state index in [4.69, 9.17) is 14.7 Å². The molecule has 0 bridgehead atoms. The van der Waals surface area contributed by atoms with E-state index in [1.807, 2.05) is 11.3 Å². The number of amides is 1. The summed E-state index contributed by atoms with van der Waals surface area (Å²) in [5.41, 5.74) is 1.46. The first kappa shape index (κ1) is 19.2. The molecule has 1 N–H and O–H groups in total. The molecule has 0 unspecified atom stereocenters. The zero-order valence-corrected chi connectivity index (χ0v) is 17.9. The highest BCUT2D eigenvalue weighted by Gasteiger charge is 2.28. The van der Waals surface area contributed by atoms with Crippen LogP contribution in [0.3, 0.4) is 0 Å². The summed E-state index contributed by atoms with van der Waals surface area (Å²) in [5, 5.41) is 4.26. The van der Waals surface area contributed by atoms with Gasteiger partial charge >= 0.3 is 0 Å². The van der Waals surface area contributed by atoms with Gasteiger partial charge in [-0.3, -0.25) is 9.69 Å². The first-order valence-electron chi connectivity index (χ1n) is 10.8. The van der Waals surface area contributed by atoms with Crippen LogP contribution in [0.15, 0.2) is 0 Å². The second-order valence-corrected chi connectivity index (χ2v) is 9.42. The number of aromatic nitrogens is 2. The van der Waals surface area contributed by atoms with Crippen LogP contribution in [-0.4, -0.2) is 66.2 Å². The third-order valence-corrected chi connectivity index (χ3v) is 7.46. The van der Waals surface area contributed by atoms with Crippen LogP contribution in [0.1, 0.15) is 42.5 Å². The Morgan fingerprint density at radius 1 is 1.17 bits per heavy atom. The van der Waals surface area contributed by atoms with Gasteiger partial charge in [-0.15, -0.1) is 11.3 Å². The maximum Gasteiger partial charge on any atom is 0.222 e. The van der Waals surface area contributed by atoms with E-state index in [0.29, 0.717) is 13.0 Å². The van der Waals surface area contributed by atoms with Gasteiger partial charge in [-0.2, -0.15) is 0 Å². The molecule has 156 valence electrons. The van der Waals surface area contributed by atoms with E-state index >= 15 is 0 Å². The first-order valence-corrected chi connectivity index (χ1v) is 11.7. The highest BCUT2D eigenvalue weighted by atomic mass is 32.1. The lowest BCUT2D eigenvalue weighted by atomic mass is 9.96. The average molecular weight is 416 g/mol. The second-order valence-electron chi connectivity index (χ2n) is 8.34. The van der Waals surface area contributed by atoms with E-state index in [9.17, 15) is 4.79 Å². The Labute approximate surface area is 175 Å². The Balaban J connectivity index is 1.58. The number of carbonyl (C=O) groups is 1. The number of hydrogen-bond donors (Lipinski definition) is 1. The minimum atomic E-state index is 0.131. The summed E-state index contributed by atoms with van der Waals surface area (Å²) in [7, 11) is 0. The van der Waals surface area contributed by atoms with Crippen molar-refractivity contribution in [3.63, 3.8) is 0 Å². The molecule has 0 aromatic carbocycles. The number of morpholine rings is 1. The van der Waals surface area contributed by atoms with E-state index in [0.717, 1.165) is 68.7 Å². The molecule has 2 aromatic heterocycles. The van der Waals surface area contributed by atoms with Crippen molar-refractivity contribution in [2.45, 2.75) is 51.6 Å². The third kappa shape index (κ3) is 3.85. The Hall–Kier alpha value is -1.77. The zero-order valence-electron chi connectivity index (χ0n) is 17.1. The van der Waals surface area contributed by atoms with Crippen molar-refractivity contribution < 1.29 is 9.53 Å². The molecular formula is C21H29N5O2S.